The topological polar surface area (TPSA) is 54.0 Å². The Kier molecular flexibility index (Phi) is 4.52. The number of pyridine rings is 1. The number of hydrogen-bond acceptors (Lipinski definition) is 2. The zero-order valence-electron chi connectivity index (χ0n) is 10.5. The fourth-order valence-electron chi connectivity index (χ4n) is 1.57. The highest BCUT2D eigenvalue weighted by Crippen LogP contribution is 2.19. The Morgan fingerprint density at radius 2 is 2.16 bits per heavy atom. The normalized spacial score (nSPS) is 10.0. The fraction of sp³-hybridized carbons (Fsp3) is 0.143. The van der Waals surface area contributed by atoms with Gasteiger partial charge < -0.3 is 10.6 Å². The van der Waals surface area contributed by atoms with Crippen LogP contribution in [0.15, 0.2) is 47.1 Å². The van der Waals surface area contributed by atoms with Crippen LogP contribution in [0.2, 0.25) is 0 Å². The van der Waals surface area contributed by atoms with Crippen LogP contribution in [0.3, 0.4) is 0 Å². The summed E-state index contributed by atoms with van der Waals surface area (Å²) in [6.07, 6.45) is 1.70. The Morgan fingerprint density at radius 3 is 2.84 bits per heavy atom. The molecule has 2 rings (SSSR count). The number of hydrogen-bond donors (Lipinski definition) is 2. The first kappa shape index (κ1) is 13.5. The van der Waals surface area contributed by atoms with Crippen molar-refractivity contribution in [2.24, 2.45) is 0 Å². The van der Waals surface area contributed by atoms with Crippen molar-refractivity contribution < 1.29 is 4.79 Å². The number of anilines is 1. The van der Waals surface area contributed by atoms with E-state index in [4.69, 9.17) is 0 Å². The molecule has 98 valence electrons. The van der Waals surface area contributed by atoms with Gasteiger partial charge in [0.2, 0.25) is 0 Å². The molecule has 0 atom stereocenters. The predicted molar refractivity (Wildman–Crippen MR) is 79.0 cm³/mol. The lowest BCUT2D eigenvalue weighted by atomic mass is 10.2. The number of carbonyl (C=O) groups excluding carboxylic acids is 1. The Labute approximate surface area is 120 Å². The highest BCUT2D eigenvalue weighted by molar-refractivity contribution is 9.10. The molecular weight excluding hydrogens is 306 g/mol. The SMILES string of the molecule is Cc1cc(NC(=O)NCc2ccccn2)ccc1Br. The van der Waals surface area contributed by atoms with Gasteiger partial charge in [-0.25, -0.2) is 4.79 Å². The van der Waals surface area contributed by atoms with Gasteiger partial charge >= 0.3 is 6.03 Å². The molecule has 4 nitrogen and oxygen atoms in total. The number of rotatable bonds is 3. The van der Waals surface area contributed by atoms with E-state index in [2.05, 4.69) is 31.5 Å². The smallest absolute Gasteiger partial charge is 0.319 e. The molecule has 1 aromatic heterocycles. The summed E-state index contributed by atoms with van der Waals surface area (Å²) in [6.45, 7) is 2.38. The van der Waals surface area contributed by atoms with Crippen molar-refractivity contribution in [1.29, 1.82) is 0 Å². The standard InChI is InChI=1S/C14H14BrN3O/c1-10-8-11(5-6-13(10)15)18-14(19)17-9-12-4-2-3-7-16-12/h2-8H,9H2,1H3,(H2,17,18,19). The molecule has 0 unspecified atom stereocenters. The van der Waals surface area contributed by atoms with Gasteiger partial charge in [-0.1, -0.05) is 22.0 Å². The van der Waals surface area contributed by atoms with E-state index in [-0.39, 0.29) is 6.03 Å². The van der Waals surface area contributed by atoms with E-state index in [1.807, 2.05) is 43.3 Å². The van der Waals surface area contributed by atoms with Gasteiger partial charge in [-0.05, 0) is 42.8 Å². The van der Waals surface area contributed by atoms with Crippen LogP contribution >= 0.6 is 15.9 Å². The highest BCUT2D eigenvalue weighted by atomic mass is 79.9. The van der Waals surface area contributed by atoms with Gasteiger partial charge in [0, 0.05) is 16.4 Å². The third-order valence-corrected chi connectivity index (χ3v) is 3.46. The van der Waals surface area contributed by atoms with Crippen LogP contribution < -0.4 is 10.6 Å². The van der Waals surface area contributed by atoms with Crippen LogP contribution in [0.4, 0.5) is 10.5 Å². The lowest BCUT2D eigenvalue weighted by molar-refractivity contribution is 0.251. The number of benzene rings is 1. The molecule has 1 aromatic carbocycles. The van der Waals surface area contributed by atoms with Crippen molar-refractivity contribution in [2.75, 3.05) is 5.32 Å². The first-order valence-electron chi connectivity index (χ1n) is 5.86. The molecule has 2 N–H and O–H groups in total. The zero-order chi connectivity index (χ0) is 13.7. The monoisotopic (exact) mass is 319 g/mol. The van der Waals surface area contributed by atoms with Crippen molar-refractivity contribution in [1.82, 2.24) is 10.3 Å². The van der Waals surface area contributed by atoms with Gasteiger partial charge in [0.05, 0.1) is 12.2 Å². The molecule has 0 aliphatic heterocycles. The predicted octanol–water partition coefficient (Wildman–Crippen LogP) is 3.47. The maximum absolute atomic E-state index is 11.7. The summed E-state index contributed by atoms with van der Waals surface area (Å²) in [7, 11) is 0. The Balaban J connectivity index is 1.89. The summed E-state index contributed by atoms with van der Waals surface area (Å²) in [4.78, 5) is 15.9. The molecule has 0 bridgehead atoms. The second-order valence-corrected chi connectivity index (χ2v) is 4.95. The minimum absolute atomic E-state index is 0.243. The van der Waals surface area contributed by atoms with E-state index in [1.165, 1.54) is 0 Å². The number of nitrogens with one attached hydrogen (secondary N) is 2. The van der Waals surface area contributed by atoms with E-state index in [9.17, 15) is 4.79 Å². The molecule has 0 saturated heterocycles. The maximum Gasteiger partial charge on any atom is 0.319 e. The summed E-state index contributed by atoms with van der Waals surface area (Å²) < 4.78 is 1.02. The molecule has 0 aliphatic carbocycles. The number of amides is 2. The van der Waals surface area contributed by atoms with Crippen LogP contribution in [0, 0.1) is 6.92 Å². The summed E-state index contributed by atoms with van der Waals surface area (Å²) >= 11 is 3.42. The lowest BCUT2D eigenvalue weighted by Gasteiger charge is -2.08. The summed E-state index contributed by atoms with van der Waals surface area (Å²) in [5.41, 5.74) is 2.66. The van der Waals surface area contributed by atoms with Gasteiger partial charge in [-0.15, -0.1) is 0 Å². The van der Waals surface area contributed by atoms with Crippen LogP contribution in [0.25, 0.3) is 0 Å². The molecule has 19 heavy (non-hydrogen) atoms. The Hall–Kier alpha value is -1.88. The molecule has 0 saturated carbocycles. The Morgan fingerprint density at radius 1 is 1.32 bits per heavy atom. The van der Waals surface area contributed by atoms with Crippen molar-refractivity contribution in [3.05, 3.63) is 58.3 Å². The number of aryl methyl sites for hydroxylation is 1. The zero-order valence-corrected chi connectivity index (χ0v) is 12.1. The molecule has 0 aliphatic rings. The van der Waals surface area contributed by atoms with Crippen molar-refractivity contribution in [3.8, 4) is 0 Å². The minimum Gasteiger partial charge on any atom is -0.332 e. The third-order valence-electron chi connectivity index (χ3n) is 2.57. The molecular formula is C14H14BrN3O. The molecule has 0 radical (unpaired) electrons. The maximum atomic E-state index is 11.7. The van der Waals surface area contributed by atoms with Crippen LogP contribution in [0.1, 0.15) is 11.3 Å². The average Bonchev–Trinajstić information content (AvgIpc) is 2.42. The Bertz CT molecular complexity index is 572. The first-order chi connectivity index (χ1) is 9.15. The van der Waals surface area contributed by atoms with Crippen LogP contribution in [-0.2, 0) is 6.54 Å². The number of halogens is 1. The van der Waals surface area contributed by atoms with E-state index in [0.717, 1.165) is 21.4 Å². The van der Waals surface area contributed by atoms with E-state index < -0.39 is 0 Å². The second kappa shape index (κ2) is 6.33. The van der Waals surface area contributed by atoms with Crippen molar-refractivity contribution in [3.63, 3.8) is 0 Å². The quantitative estimate of drug-likeness (QED) is 0.910. The average molecular weight is 320 g/mol. The molecule has 2 aromatic rings. The number of nitrogens with zero attached hydrogens (tertiary/aromatic N) is 1. The summed E-state index contributed by atoms with van der Waals surface area (Å²) in [5.74, 6) is 0. The summed E-state index contributed by atoms with van der Waals surface area (Å²) in [5, 5.41) is 5.54. The third kappa shape index (κ3) is 4.06. The molecule has 5 heteroatoms. The van der Waals surface area contributed by atoms with Crippen molar-refractivity contribution >= 4 is 27.6 Å². The van der Waals surface area contributed by atoms with Gasteiger partial charge in [0.15, 0.2) is 0 Å². The van der Waals surface area contributed by atoms with Gasteiger partial charge in [0.25, 0.3) is 0 Å². The number of carbonyl (C=O) groups is 1. The molecule has 0 spiro atoms. The van der Waals surface area contributed by atoms with Crippen LogP contribution in [-0.4, -0.2) is 11.0 Å². The molecule has 0 fully saturated rings. The lowest BCUT2D eigenvalue weighted by Crippen LogP contribution is -2.28. The number of urea groups is 1. The van der Waals surface area contributed by atoms with E-state index in [1.54, 1.807) is 6.20 Å². The van der Waals surface area contributed by atoms with Crippen LogP contribution in [0.5, 0.6) is 0 Å². The first-order valence-corrected chi connectivity index (χ1v) is 6.65. The van der Waals surface area contributed by atoms with Gasteiger partial charge in [0.1, 0.15) is 0 Å². The van der Waals surface area contributed by atoms with Crippen molar-refractivity contribution in [2.45, 2.75) is 13.5 Å². The molecule has 2 amide bonds. The van der Waals surface area contributed by atoms with E-state index in [0.29, 0.717) is 6.54 Å². The van der Waals surface area contributed by atoms with E-state index >= 15 is 0 Å². The van der Waals surface area contributed by atoms with Gasteiger partial charge in [-0.3, -0.25) is 4.98 Å². The highest BCUT2D eigenvalue weighted by Gasteiger charge is 2.03. The van der Waals surface area contributed by atoms with Gasteiger partial charge in [-0.2, -0.15) is 0 Å². The second-order valence-electron chi connectivity index (χ2n) is 4.09. The number of aromatic nitrogens is 1. The fourth-order valence-corrected chi connectivity index (χ4v) is 1.82. The minimum atomic E-state index is -0.243. The largest absolute Gasteiger partial charge is 0.332 e. The molecule has 1 heterocycles. The summed E-state index contributed by atoms with van der Waals surface area (Å²) in [6, 6.07) is 11.0.